The molecule has 0 radical (unpaired) electrons. The van der Waals surface area contributed by atoms with Gasteiger partial charge < -0.3 is 10.1 Å². The average Bonchev–Trinajstić information content (AvgIpc) is 3.04. The molecule has 2 nitrogen and oxygen atoms in total. The fourth-order valence-electron chi connectivity index (χ4n) is 3.46. The number of benzene rings is 1. The molecule has 0 spiro atoms. The Labute approximate surface area is 133 Å². The van der Waals surface area contributed by atoms with Crippen LogP contribution in [0.5, 0.6) is 0 Å². The molecule has 0 bridgehead atoms. The normalized spacial score (nSPS) is 28.5. The van der Waals surface area contributed by atoms with Crippen LogP contribution in [0.2, 0.25) is 0 Å². The largest absolute Gasteiger partial charge is 0.377 e. The molecule has 1 aliphatic carbocycles. The fraction of sp³-hybridized carbons (Fsp3) is 0.667. The van der Waals surface area contributed by atoms with Gasteiger partial charge in [0.1, 0.15) is 0 Å². The van der Waals surface area contributed by atoms with Gasteiger partial charge in [-0.1, -0.05) is 31.2 Å². The second-order valence-corrected chi connectivity index (χ2v) is 7.45. The molecule has 1 heterocycles. The summed E-state index contributed by atoms with van der Waals surface area (Å²) in [6, 6.07) is 9.50. The highest BCUT2D eigenvalue weighted by Crippen LogP contribution is 2.37. The zero-order valence-corrected chi connectivity index (χ0v) is 13.8. The minimum Gasteiger partial charge on any atom is -0.377 e. The molecule has 0 aromatic heterocycles. The summed E-state index contributed by atoms with van der Waals surface area (Å²) in [5.74, 6) is 1.16. The highest BCUT2D eigenvalue weighted by molar-refractivity contribution is 8.00. The van der Waals surface area contributed by atoms with Crippen molar-refractivity contribution in [1.29, 1.82) is 0 Å². The first kappa shape index (κ1) is 15.4. The lowest BCUT2D eigenvalue weighted by Crippen LogP contribution is -2.35. The molecular weight excluding hydrogens is 278 g/mol. The van der Waals surface area contributed by atoms with Crippen LogP contribution < -0.4 is 5.32 Å². The third kappa shape index (κ3) is 3.82. The summed E-state index contributed by atoms with van der Waals surface area (Å²) >= 11 is 2.13. The highest BCUT2D eigenvalue weighted by atomic mass is 32.2. The number of ether oxygens (including phenoxy) is 1. The molecule has 1 aromatic rings. The van der Waals surface area contributed by atoms with Crippen molar-refractivity contribution < 1.29 is 4.74 Å². The van der Waals surface area contributed by atoms with Crippen molar-refractivity contribution >= 4 is 11.8 Å². The molecule has 0 amide bonds. The van der Waals surface area contributed by atoms with Crippen LogP contribution in [0.25, 0.3) is 0 Å². The Hall–Kier alpha value is -0.510. The van der Waals surface area contributed by atoms with E-state index >= 15 is 0 Å². The van der Waals surface area contributed by atoms with E-state index in [9.17, 15) is 0 Å². The summed E-state index contributed by atoms with van der Waals surface area (Å²) in [5.41, 5.74) is 3.07. The first-order valence-electron chi connectivity index (χ1n) is 8.43. The Morgan fingerprint density at radius 1 is 1.29 bits per heavy atom. The van der Waals surface area contributed by atoms with Gasteiger partial charge in [0.05, 0.1) is 6.10 Å². The van der Waals surface area contributed by atoms with E-state index in [1.807, 2.05) is 0 Å². The molecule has 1 saturated heterocycles. The second-order valence-electron chi connectivity index (χ2n) is 6.18. The van der Waals surface area contributed by atoms with Crippen molar-refractivity contribution in [2.75, 3.05) is 18.9 Å². The van der Waals surface area contributed by atoms with Crippen LogP contribution in [-0.4, -0.2) is 30.3 Å². The summed E-state index contributed by atoms with van der Waals surface area (Å²) < 4.78 is 5.79. The van der Waals surface area contributed by atoms with E-state index in [0.29, 0.717) is 17.4 Å². The van der Waals surface area contributed by atoms with E-state index in [1.165, 1.54) is 37.7 Å². The van der Waals surface area contributed by atoms with E-state index in [0.717, 1.165) is 18.9 Å². The van der Waals surface area contributed by atoms with Gasteiger partial charge >= 0.3 is 0 Å². The minimum atomic E-state index is 0.499. The van der Waals surface area contributed by atoms with Crippen LogP contribution in [0.15, 0.2) is 24.3 Å². The van der Waals surface area contributed by atoms with Gasteiger partial charge in [0.25, 0.3) is 0 Å². The van der Waals surface area contributed by atoms with Crippen molar-refractivity contribution in [3.05, 3.63) is 35.4 Å². The van der Waals surface area contributed by atoms with Gasteiger partial charge in [0.2, 0.25) is 0 Å². The molecule has 3 heteroatoms. The van der Waals surface area contributed by atoms with Gasteiger partial charge in [-0.25, -0.2) is 0 Å². The maximum atomic E-state index is 5.79. The Morgan fingerprint density at radius 3 is 3.00 bits per heavy atom. The van der Waals surface area contributed by atoms with Crippen LogP contribution in [-0.2, 0) is 11.2 Å². The van der Waals surface area contributed by atoms with Crippen LogP contribution in [0, 0.1) is 0 Å². The van der Waals surface area contributed by atoms with Gasteiger partial charge in [-0.3, -0.25) is 0 Å². The summed E-state index contributed by atoms with van der Waals surface area (Å²) in [7, 11) is 0. The number of thioether (sulfide) groups is 1. The predicted molar refractivity (Wildman–Crippen MR) is 91.0 cm³/mol. The molecule has 1 fully saturated rings. The van der Waals surface area contributed by atoms with Crippen LogP contribution >= 0.6 is 11.8 Å². The van der Waals surface area contributed by atoms with E-state index < -0.39 is 0 Å². The number of hydrogen-bond acceptors (Lipinski definition) is 3. The zero-order chi connectivity index (χ0) is 14.5. The molecule has 3 unspecified atom stereocenters. The van der Waals surface area contributed by atoms with E-state index in [-0.39, 0.29) is 0 Å². The van der Waals surface area contributed by atoms with E-state index in [2.05, 4.69) is 48.3 Å². The maximum Gasteiger partial charge on any atom is 0.0666 e. The van der Waals surface area contributed by atoms with Gasteiger partial charge in [0, 0.05) is 23.7 Å². The molecule has 116 valence electrons. The van der Waals surface area contributed by atoms with Crippen LogP contribution in [0.1, 0.15) is 49.8 Å². The van der Waals surface area contributed by atoms with Crippen LogP contribution in [0.4, 0.5) is 0 Å². The zero-order valence-electron chi connectivity index (χ0n) is 13.0. The molecule has 0 saturated carbocycles. The second kappa shape index (κ2) is 7.66. The quantitative estimate of drug-likeness (QED) is 0.860. The number of hydrogen-bond donors (Lipinski definition) is 1. The van der Waals surface area contributed by atoms with Gasteiger partial charge in [-0.05, 0) is 49.8 Å². The summed E-state index contributed by atoms with van der Waals surface area (Å²) in [4.78, 5) is 0. The molecule has 1 aliphatic heterocycles. The Balaban J connectivity index is 1.66. The lowest BCUT2D eigenvalue weighted by Gasteiger charge is -2.34. The van der Waals surface area contributed by atoms with E-state index in [4.69, 9.17) is 4.74 Å². The Kier molecular flexibility index (Phi) is 5.61. The van der Waals surface area contributed by atoms with Crippen molar-refractivity contribution in [2.24, 2.45) is 0 Å². The molecule has 1 N–H and O–H groups in total. The average molecular weight is 305 g/mol. The summed E-state index contributed by atoms with van der Waals surface area (Å²) in [6.07, 6.45) is 6.71. The molecule has 1 aromatic carbocycles. The van der Waals surface area contributed by atoms with Crippen molar-refractivity contribution in [3.63, 3.8) is 0 Å². The smallest absolute Gasteiger partial charge is 0.0666 e. The Morgan fingerprint density at radius 2 is 2.19 bits per heavy atom. The van der Waals surface area contributed by atoms with Gasteiger partial charge in [-0.2, -0.15) is 11.8 Å². The number of aryl methyl sites for hydroxylation is 1. The third-order valence-electron chi connectivity index (χ3n) is 4.59. The molecular formula is C18H27NOS. The highest BCUT2D eigenvalue weighted by Gasteiger charge is 2.30. The fourth-order valence-corrected chi connectivity index (χ4v) is 4.90. The van der Waals surface area contributed by atoms with Gasteiger partial charge in [0.15, 0.2) is 0 Å². The lowest BCUT2D eigenvalue weighted by molar-refractivity contribution is 0.128. The first-order valence-corrected chi connectivity index (χ1v) is 9.47. The SMILES string of the molecule is CCCNC1c2ccccc2CCC1SCC1CCCO1. The van der Waals surface area contributed by atoms with Gasteiger partial charge in [-0.15, -0.1) is 0 Å². The first-order chi connectivity index (χ1) is 10.4. The third-order valence-corrected chi connectivity index (χ3v) is 6.09. The number of nitrogens with one attached hydrogen (secondary N) is 1. The summed E-state index contributed by atoms with van der Waals surface area (Å²) in [6.45, 7) is 4.32. The molecule has 2 aliphatic rings. The lowest BCUT2D eigenvalue weighted by atomic mass is 9.87. The molecule has 3 atom stereocenters. The molecule has 3 rings (SSSR count). The van der Waals surface area contributed by atoms with Crippen molar-refractivity contribution in [3.8, 4) is 0 Å². The van der Waals surface area contributed by atoms with Crippen LogP contribution in [0.3, 0.4) is 0 Å². The monoisotopic (exact) mass is 305 g/mol. The predicted octanol–water partition coefficient (Wildman–Crippen LogP) is 3.95. The van der Waals surface area contributed by atoms with Crippen molar-refractivity contribution in [1.82, 2.24) is 5.32 Å². The maximum absolute atomic E-state index is 5.79. The Bertz CT molecular complexity index is 445. The number of rotatable bonds is 6. The van der Waals surface area contributed by atoms with Crippen molar-refractivity contribution in [2.45, 2.75) is 56.4 Å². The number of fused-ring (bicyclic) bond motifs is 1. The molecule has 21 heavy (non-hydrogen) atoms. The minimum absolute atomic E-state index is 0.499. The standard InChI is InChI=1S/C18H27NOS/c1-2-11-19-18-16-8-4-3-6-14(16)9-10-17(18)21-13-15-7-5-12-20-15/h3-4,6,8,15,17-19H,2,5,7,9-13H2,1H3. The van der Waals surface area contributed by atoms with E-state index in [1.54, 1.807) is 5.56 Å². The topological polar surface area (TPSA) is 21.3 Å². The summed E-state index contributed by atoms with van der Waals surface area (Å²) in [5, 5.41) is 4.48.